The largest absolute Gasteiger partial charge is 0.472 e. The second kappa shape index (κ2) is 69.2. The maximum atomic E-state index is 13.1. The zero-order valence-electron chi connectivity index (χ0n) is 61.8. The van der Waals surface area contributed by atoms with E-state index in [4.69, 9.17) is 37.0 Å². The molecule has 0 radical (unpaired) electrons. The normalized spacial score (nSPS) is 13.9. The van der Waals surface area contributed by atoms with Crippen molar-refractivity contribution in [2.45, 2.75) is 419 Å². The van der Waals surface area contributed by atoms with Crippen LogP contribution in [0.1, 0.15) is 401 Å². The summed E-state index contributed by atoms with van der Waals surface area (Å²) in [5, 5.41) is 10.6. The van der Waals surface area contributed by atoms with Crippen molar-refractivity contribution in [1.29, 1.82) is 0 Å². The number of esters is 4. The number of rotatable bonds is 76. The molecule has 0 heterocycles. The smallest absolute Gasteiger partial charge is 0.462 e. The van der Waals surface area contributed by atoms with Crippen molar-refractivity contribution in [3.05, 3.63) is 0 Å². The maximum Gasteiger partial charge on any atom is 0.472 e. The van der Waals surface area contributed by atoms with Gasteiger partial charge in [-0.25, -0.2) is 9.13 Å². The predicted molar refractivity (Wildman–Crippen MR) is 386 cm³/mol. The van der Waals surface area contributed by atoms with E-state index in [9.17, 15) is 43.2 Å². The number of ether oxygens (including phenoxy) is 4. The van der Waals surface area contributed by atoms with Gasteiger partial charge in [0.15, 0.2) is 12.2 Å². The molecule has 0 aliphatic rings. The quantitative estimate of drug-likeness (QED) is 0.0222. The Bertz CT molecular complexity index is 1820. The molecule has 3 N–H and O–H groups in total. The number of aliphatic hydroxyl groups is 1. The van der Waals surface area contributed by atoms with E-state index in [0.717, 1.165) is 95.8 Å². The molecule has 0 amide bonds. The van der Waals surface area contributed by atoms with Gasteiger partial charge in [-0.3, -0.25) is 37.3 Å². The molecule has 0 fully saturated rings. The van der Waals surface area contributed by atoms with E-state index in [1.54, 1.807) is 0 Å². The lowest BCUT2D eigenvalue weighted by Gasteiger charge is -2.21. The highest BCUT2D eigenvalue weighted by Gasteiger charge is 2.30. The third-order valence-corrected chi connectivity index (χ3v) is 19.7. The van der Waals surface area contributed by atoms with Crippen LogP contribution >= 0.6 is 15.6 Å². The first-order valence-corrected chi connectivity index (χ1v) is 42.6. The molecule has 564 valence electrons. The molecule has 0 aromatic heterocycles. The third kappa shape index (κ3) is 70.3. The molecule has 0 aliphatic heterocycles. The van der Waals surface area contributed by atoms with E-state index in [1.807, 2.05) is 0 Å². The standard InChI is InChI=1S/C76H148O17P2/c1-6-9-12-15-18-21-24-26-28-30-32-34-40-45-50-55-60-74(79)87-66-72(92-75(80)61-56-51-46-41-35-33-31-29-27-25-22-19-16-13-10-7-2)68-91-95(84,85)89-64-70(77)63-88-94(82,83)90-67-71(65-86-73(78)59-54-49-44-39-23-20-17-14-11-8-3)93-76(81)62-57-52-47-42-37-36-38-43-48-53-58-69(4)5/h69-72,77H,6-68H2,1-5H3,(H,82,83)(H,84,85)/t70-,71+,72+/m0/s1. The minimum Gasteiger partial charge on any atom is -0.462 e. The number of hydrogen-bond donors (Lipinski definition) is 3. The van der Waals surface area contributed by atoms with Crippen molar-refractivity contribution >= 4 is 39.5 Å². The molecule has 2 unspecified atom stereocenters. The molecular formula is C76H148O17P2. The lowest BCUT2D eigenvalue weighted by molar-refractivity contribution is -0.161. The lowest BCUT2D eigenvalue weighted by Crippen LogP contribution is -2.30. The number of carbonyl (C=O) groups is 4. The fourth-order valence-corrected chi connectivity index (χ4v) is 13.3. The Labute approximate surface area is 581 Å². The summed E-state index contributed by atoms with van der Waals surface area (Å²) in [6, 6.07) is 0. The fourth-order valence-electron chi connectivity index (χ4n) is 11.7. The molecular weight excluding hydrogens is 1250 g/mol. The van der Waals surface area contributed by atoms with Gasteiger partial charge in [0.05, 0.1) is 26.4 Å². The first-order chi connectivity index (χ1) is 46.0. The number of aliphatic hydroxyl groups excluding tert-OH is 1. The molecule has 5 atom stereocenters. The van der Waals surface area contributed by atoms with Crippen LogP contribution in [0.2, 0.25) is 0 Å². The highest BCUT2D eigenvalue weighted by molar-refractivity contribution is 7.47. The minimum atomic E-state index is -4.96. The second-order valence-electron chi connectivity index (χ2n) is 27.9. The van der Waals surface area contributed by atoms with Crippen LogP contribution in [0.15, 0.2) is 0 Å². The molecule has 0 aliphatic carbocycles. The van der Waals surface area contributed by atoms with Crippen LogP contribution in [0.3, 0.4) is 0 Å². The van der Waals surface area contributed by atoms with E-state index < -0.39 is 97.5 Å². The molecule has 0 rings (SSSR count). The summed E-state index contributed by atoms with van der Waals surface area (Å²) in [4.78, 5) is 72.8. The molecule has 19 heteroatoms. The van der Waals surface area contributed by atoms with Gasteiger partial charge in [0.2, 0.25) is 0 Å². The molecule has 0 spiro atoms. The van der Waals surface area contributed by atoms with E-state index in [1.165, 1.54) is 225 Å². The number of phosphoric acid groups is 2. The average molecular weight is 1400 g/mol. The molecule has 0 aromatic carbocycles. The molecule has 0 saturated heterocycles. The molecule has 0 aromatic rings. The van der Waals surface area contributed by atoms with Gasteiger partial charge in [-0.15, -0.1) is 0 Å². The number of carbonyl (C=O) groups excluding carboxylic acids is 4. The van der Waals surface area contributed by atoms with Crippen molar-refractivity contribution in [3.8, 4) is 0 Å². The minimum absolute atomic E-state index is 0.106. The summed E-state index contributed by atoms with van der Waals surface area (Å²) in [6.45, 7) is 7.28. The highest BCUT2D eigenvalue weighted by atomic mass is 31.2. The summed E-state index contributed by atoms with van der Waals surface area (Å²) < 4.78 is 68.5. The Balaban J connectivity index is 5.24. The zero-order chi connectivity index (χ0) is 69.8. The lowest BCUT2D eigenvalue weighted by atomic mass is 10.0. The van der Waals surface area contributed by atoms with E-state index >= 15 is 0 Å². The SMILES string of the molecule is CCCCCCCCCCCCCCCCCCC(=O)OC[C@H](COP(=O)(O)OC[C@@H](O)COP(=O)(O)OC[C@@H](COC(=O)CCCCCCCCCCCC)OC(=O)CCCCCCCCCCCCC(C)C)OC(=O)CCCCCCCCCCCCCCCCCC. The van der Waals surface area contributed by atoms with Crippen LogP contribution in [0.25, 0.3) is 0 Å². The molecule has 17 nitrogen and oxygen atoms in total. The molecule has 0 bridgehead atoms. The van der Waals surface area contributed by atoms with Gasteiger partial charge >= 0.3 is 39.5 Å². The van der Waals surface area contributed by atoms with Crippen molar-refractivity contribution in [1.82, 2.24) is 0 Å². The summed E-state index contributed by atoms with van der Waals surface area (Å²) in [5.74, 6) is -1.36. The third-order valence-electron chi connectivity index (χ3n) is 17.8. The zero-order valence-corrected chi connectivity index (χ0v) is 63.6. The maximum absolute atomic E-state index is 13.1. The van der Waals surface area contributed by atoms with Crippen LogP contribution in [0.4, 0.5) is 0 Å². The number of hydrogen-bond acceptors (Lipinski definition) is 15. The Morgan fingerprint density at radius 3 is 0.716 bits per heavy atom. The van der Waals surface area contributed by atoms with Gasteiger partial charge < -0.3 is 33.8 Å². The summed E-state index contributed by atoms with van der Waals surface area (Å²) in [6.07, 6.45) is 58.1. The van der Waals surface area contributed by atoms with Crippen LogP contribution < -0.4 is 0 Å². The molecule has 95 heavy (non-hydrogen) atoms. The summed E-state index contributed by atoms with van der Waals surface area (Å²) in [5.41, 5.74) is 0. The Morgan fingerprint density at radius 1 is 0.284 bits per heavy atom. The highest BCUT2D eigenvalue weighted by Crippen LogP contribution is 2.45. The van der Waals surface area contributed by atoms with Crippen LogP contribution in [0, 0.1) is 5.92 Å². The monoisotopic (exact) mass is 1400 g/mol. The van der Waals surface area contributed by atoms with Crippen molar-refractivity contribution in [2.75, 3.05) is 39.6 Å². The average Bonchev–Trinajstić information content (AvgIpc) is 1.66. The van der Waals surface area contributed by atoms with Gasteiger partial charge in [-0.2, -0.15) is 0 Å². The first kappa shape index (κ1) is 93.1. The molecule has 0 saturated carbocycles. The predicted octanol–water partition coefficient (Wildman–Crippen LogP) is 22.5. The second-order valence-corrected chi connectivity index (χ2v) is 30.8. The Kier molecular flexibility index (Phi) is 67.7. The van der Waals surface area contributed by atoms with E-state index in [2.05, 4.69) is 34.6 Å². The van der Waals surface area contributed by atoms with Gasteiger partial charge in [0.1, 0.15) is 19.3 Å². The first-order valence-electron chi connectivity index (χ1n) is 39.6. The van der Waals surface area contributed by atoms with Crippen molar-refractivity contribution < 1.29 is 80.2 Å². The number of unbranched alkanes of at least 4 members (excludes halogenated alkanes) is 48. The van der Waals surface area contributed by atoms with Crippen molar-refractivity contribution in [3.63, 3.8) is 0 Å². The van der Waals surface area contributed by atoms with Gasteiger partial charge in [0.25, 0.3) is 0 Å². The van der Waals surface area contributed by atoms with Crippen molar-refractivity contribution in [2.24, 2.45) is 5.92 Å². The van der Waals surface area contributed by atoms with Gasteiger partial charge in [0, 0.05) is 25.7 Å². The summed E-state index contributed by atoms with van der Waals surface area (Å²) >= 11 is 0. The Morgan fingerprint density at radius 2 is 0.484 bits per heavy atom. The van der Waals surface area contributed by atoms with Crippen LogP contribution in [0.5, 0.6) is 0 Å². The topological polar surface area (TPSA) is 237 Å². The fraction of sp³-hybridized carbons (Fsp3) is 0.947. The van der Waals surface area contributed by atoms with Crippen LogP contribution in [-0.4, -0.2) is 96.7 Å². The van der Waals surface area contributed by atoms with E-state index in [0.29, 0.717) is 25.7 Å². The van der Waals surface area contributed by atoms with Crippen LogP contribution in [-0.2, 0) is 65.4 Å². The number of phosphoric ester groups is 2. The van der Waals surface area contributed by atoms with Gasteiger partial charge in [-0.05, 0) is 31.6 Å². The Hall–Kier alpha value is -1.94. The summed E-state index contributed by atoms with van der Waals surface area (Å²) in [7, 11) is -9.91. The van der Waals surface area contributed by atoms with Gasteiger partial charge in [-0.1, -0.05) is 349 Å². The van der Waals surface area contributed by atoms with E-state index in [-0.39, 0.29) is 25.7 Å².